The van der Waals surface area contributed by atoms with Gasteiger partial charge in [-0.25, -0.2) is 0 Å². The standard InChI is InChI=1S/C16H20N2/c1-3-14-16(12-7-6-10-18(2)11-12)13-8-4-5-9-15(13)17-14/h4-5,7-9,17H,3,6,10-11H2,1-2H3. The predicted molar refractivity (Wildman–Crippen MR) is 77.8 cm³/mol. The van der Waals surface area contributed by atoms with E-state index in [2.05, 4.69) is 54.2 Å². The smallest absolute Gasteiger partial charge is 0.0462 e. The van der Waals surface area contributed by atoms with E-state index in [1.165, 1.54) is 34.3 Å². The van der Waals surface area contributed by atoms with Crippen LogP contribution in [0.25, 0.3) is 16.5 Å². The lowest BCUT2D eigenvalue weighted by molar-refractivity contribution is 0.373. The molecule has 18 heavy (non-hydrogen) atoms. The molecule has 1 aliphatic rings. The number of H-pyrrole nitrogens is 1. The average Bonchev–Trinajstić information content (AvgIpc) is 2.77. The summed E-state index contributed by atoms with van der Waals surface area (Å²) in [4.78, 5) is 5.97. The Morgan fingerprint density at radius 2 is 2.11 bits per heavy atom. The first-order valence-corrected chi connectivity index (χ1v) is 6.77. The molecular weight excluding hydrogens is 220 g/mol. The zero-order valence-electron chi connectivity index (χ0n) is 11.2. The minimum atomic E-state index is 1.06. The van der Waals surface area contributed by atoms with Crippen LogP contribution in [0.3, 0.4) is 0 Å². The second-order valence-electron chi connectivity index (χ2n) is 5.13. The summed E-state index contributed by atoms with van der Waals surface area (Å²) in [5.74, 6) is 0. The molecule has 0 saturated heterocycles. The van der Waals surface area contributed by atoms with Gasteiger partial charge in [-0.2, -0.15) is 0 Å². The van der Waals surface area contributed by atoms with Crippen molar-refractivity contribution in [3.05, 3.63) is 41.6 Å². The zero-order chi connectivity index (χ0) is 12.5. The first-order chi connectivity index (χ1) is 8.79. The maximum absolute atomic E-state index is 3.57. The second kappa shape index (κ2) is 4.62. The highest BCUT2D eigenvalue weighted by atomic mass is 15.1. The summed E-state index contributed by atoms with van der Waals surface area (Å²) in [5, 5.41) is 1.37. The SMILES string of the molecule is CCc1[nH]c2ccccc2c1C1=CCCN(C)C1. The maximum atomic E-state index is 3.57. The molecule has 1 aliphatic heterocycles. The van der Waals surface area contributed by atoms with E-state index in [0.717, 1.165) is 19.4 Å². The number of fused-ring (bicyclic) bond motifs is 1. The molecule has 1 aromatic heterocycles. The molecule has 2 heteroatoms. The Hall–Kier alpha value is -1.54. The van der Waals surface area contributed by atoms with Gasteiger partial charge in [0, 0.05) is 35.2 Å². The number of benzene rings is 1. The van der Waals surface area contributed by atoms with Crippen LogP contribution in [0.5, 0.6) is 0 Å². The van der Waals surface area contributed by atoms with Gasteiger partial charge in [-0.05, 0) is 31.5 Å². The molecule has 3 rings (SSSR count). The van der Waals surface area contributed by atoms with Gasteiger partial charge in [-0.15, -0.1) is 0 Å². The number of rotatable bonds is 2. The van der Waals surface area contributed by atoms with Crippen LogP contribution in [0.2, 0.25) is 0 Å². The number of hydrogen-bond acceptors (Lipinski definition) is 1. The van der Waals surface area contributed by atoms with Crippen molar-refractivity contribution in [2.75, 3.05) is 20.1 Å². The van der Waals surface area contributed by atoms with Gasteiger partial charge in [0.15, 0.2) is 0 Å². The topological polar surface area (TPSA) is 19.0 Å². The van der Waals surface area contributed by atoms with Crippen LogP contribution in [0.1, 0.15) is 24.6 Å². The number of nitrogens with one attached hydrogen (secondary N) is 1. The highest BCUT2D eigenvalue weighted by Crippen LogP contribution is 2.31. The molecule has 0 unspecified atom stereocenters. The summed E-state index contributed by atoms with van der Waals surface area (Å²) in [6.45, 7) is 4.46. The Labute approximate surface area is 108 Å². The third kappa shape index (κ3) is 1.87. The van der Waals surface area contributed by atoms with E-state index < -0.39 is 0 Å². The molecule has 0 amide bonds. The number of aromatic nitrogens is 1. The highest BCUT2D eigenvalue weighted by molar-refractivity contribution is 5.94. The van der Waals surface area contributed by atoms with E-state index in [1.807, 2.05) is 0 Å². The molecule has 2 heterocycles. The van der Waals surface area contributed by atoms with Crippen molar-refractivity contribution in [1.82, 2.24) is 9.88 Å². The Kier molecular flexibility index (Phi) is 2.96. The number of aryl methyl sites for hydroxylation is 1. The summed E-state index contributed by atoms with van der Waals surface area (Å²) >= 11 is 0. The van der Waals surface area contributed by atoms with Crippen molar-refractivity contribution in [1.29, 1.82) is 0 Å². The van der Waals surface area contributed by atoms with Crippen LogP contribution in [0, 0.1) is 0 Å². The van der Waals surface area contributed by atoms with Crippen molar-refractivity contribution in [3.8, 4) is 0 Å². The van der Waals surface area contributed by atoms with Crippen molar-refractivity contribution in [3.63, 3.8) is 0 Å². The maximum Gasteiger partial charge on any atom is 0.0462 e. The Morgan fingerprint density at radius 3 is 2.89 bits per heavy atom. The van der Waals surface area contributed by atoms with Gasteiger partial charge in [-0.1, -0.05) is 31.2 Å². The Morgan fingerprint density at radius 1 is 1.28 bits per heavy atom. The fourth-order valence-corrected chi connectivity index (χ4v) is 2.90. The third-order valence-electron chi connectivity index (χ3n) is 3.80. The van der Waals surface area contributed by atoms with Crippen LogP contribution in [0.15, 0.2) is 30.3 Å². The summed E-state index contributed by atoms with van der Waals surface area (Å²) in [6.07, 6.45) is 4.63. The normalized spacial score (nSPS) is 17.1. The number of likely N-dealkylation sites (N-methyl/N-ethyl adjacent to an activating group) is 1. The lowest BCUT2D eigenvalue weighted by Crippen LogP contribution is -2.25. The number of nitrogens with zero attached hydrogens (tertiary/aromatic N) is 1. The fraction of sp³-hybridized carbons (Fsp3) is 0.375. The number of hydrogen-bond donors (Lipinski definition) is 1. The van der Waals surface area contributed by atoms with Crippen LogP contribution in [-0.2, 0) is 6.42 Å². The lowest BCUT2D eigenvalue weighted by Gasteiger charge is -2.23. The molecule has 94 valence electrons. The van der Waals surface area contributed by atoms with Crippen LogP contribution >= 0.6 is 0 Å². The third-order valence-corrected chi connectivity index (χ3v) is 3.80. The van der Waals surface area contributed by atoms with E-state index in [9.17, 15) is 0 Å². The molecule has 0 saturated carbocycles. The van der Waals surface area contributed by atoms with Gasteiger partial charge in [0.2, 0.25) is 0 Å². The minimum absolute atomic E-state index is 1.06. The molecule has 1 N–H and O–H groups in total. The molecule has 0 radical (unpaired) electrons. The van der Waals surface area contributed by atoms with Crippen LogP contribution in [-0.4, -0.2) is 30.0 Å². The minimum Gasteiger partial charge on any atom is -0.358 e. The van der Waals surface area contributed by atoms with Gasteiger partial charge in [0.1, 0.15) is 0 Å². The highest BCUT2D eigenvalue weighted by Gasteiger charge is 2.17. The molecular formula is C16H20N2. The summed E-state index contributed by atoms with van der Waals surface area (Å²) in [7, 11) is 2.20. The number of aromatic amines is 1. The van der Waals surface area contributed by atoms with Gasteiger partial charge in [0.25, 0.3) is 0 Å². The van der Waals surface area contributed by atoms with Crippen molar-refractivity contribution in [2.45, 2.75) is 19.8 Å². The van der Waals surface area contributed by atoms with Crippen molar-refractivity contribution >= 4 is 16.5 Å². The second-order valence-corrected chi connectivity index (χ2v) is 5.13. The molecule has 1 aromatic carbocycles. The van der Waals surface area contributed by atoms with Crippen molar-refractivity contribution < 1.29 is 0 Å². The molecule has 0 aliphatic carbocycles. The Balaban J connectivity index is 2.17. The monoisotopic (exact) mass is 240 g/mol. The summed E-state index contributed by atoms with van der Waals surface area (Å²) < 4.78 is 0. The van der Waals surface area contributed by atoms with Crippen LogP contribution in [0.4, 0.5) is 0 Å². The molecule has 2 nitrogen and oxygen atoms in total. The van der Waals surface area contributed by atoms with Crippen LogP contribution < -0.4 is 0 Å². The average molecular weight is 240 g/mol. The van der Waals surface area contributed by atoms with E-state index in [-0.39, 0.29) is 0 Å². The number of para-hydroxylation sites is 1. The molecule has 0 spiro atoms. The quantitative estimate of drug-likeness (QED) is 0.852. The van der Waals surface area contributed by atoms with E-state index in [1.54, 1.807) is 0 Å². The van der Waals surface area contributed by atoms with E-state index in [4.69, 9.17) is 0 Å². The van der Waals surface area contributed by atoms with E-state index in [0.29, 0.717) is 0 Å². The van der Waals surface area contributed by atoms with Gasteiger partial charge < -0.3 is 9.88 Å². The first kappa shape index (κ1) is 11.5. The van der Waals surface area contributed by atoms with Gasteiger partial charge in [-0.3, -0.25) is 0 Å². The molecule has 0 atom stereocenters. The largest absolute Gasteiger partial charge is 0.358 e. The predicted octanol–water partition coefficient (Wildman–Crippen LogP) is 3.45. The molecule has 2 aromatic rings. The fourth-order valence-electron chi connectivity index (χ4n) is 2.90. The van der Waals surface area contributed by atoms with E-state index >= 15 is 0 Å². The Bertz CT molecular complexity index is 592. The molecule has 0 bridgehead atoms. The van der Waals surface area contributed by atoms with Gasteiger partial charge >= 0.3 is 0 Å². The zero-order valence-corrected chi connectivity index (χ0v) is 11.2. The van der Waals surface area contributed by atoms with Crippen molar-refractivity contribution in [2.24, 2.45) is 0 Å². The summed E-state index contributed by atoms with van der Waals surface area (Å²) in [5.41, 5.74) is 5.56. The molecule has 0 fully saturated rings. The lowest BCUT2D eigenvalue weighted by atomic mass is 9.97. The summed E-state index contributed by atoms with van der Waals surface area (Å²) in [6, 6.07) is 8.64. The van der Waals surface area contributed by atoms with Gasteiger partial charge in [0.05, 0.1) is 0 Å². The first-order valence-electron chi connectivity index (χ1n) is 6.77.